The lowest BCUT2D eigenvalue weighted by Crippen LogP contribution is -2.43. The number of rotatable bonds is 6. The molecule has 0 spiro atoms. The smallest absolute Gasteiger partial charge is 0.142 e. The van der Waals surface area contributed by atoms with Crippen LogP contribution >= 0.6 is 47.2 Å². The minimum absolute atomic E-state index is 0. The van der Waals surface area contributed by atoms with Crippen molar-refractivity contribution >= 4 is 47.2 Å². The molecule has 1 fully saturated rings. The second kappa shape index (κ2) is 11.0. The van der Waals surface area contributed by atoms with E-state index in [1.165, 1.54) is 12.1 Å². The molecule has 1 aliphatic heterocycles. The third kappa shape index (κ3) is 6.59. The van der Waals surface area contributed by atoms with Gasteiger partial charge < -0.3 is 14.6 Å². The van der Waals surface area contributed by atoms with Crippen molar-refractivity contribution in [3.63, 3.8) is 0 Å². The number of hydrogen-bond acceptors (Lipinski definition) is 4. The average Bonchev–Trinajstić information content (AvgIpc) is 2.64. The highest BCUT2D eigenvalue weighted by Gasteiger charge is 2.26. The van der Waals surface area contributed by atoms with Crippen molar-refractivity contribution in [1.82, 2.24) is 4.90 Å². The van der Waals surface area contributed by atoms with Gasteiger partial charge >= 0.3 is 0 Å². The van der Waals surface area contributed by atoms with Crippen molar-refractivity contribution in [2.75, 3.05) is 32.8 Å². The van der Waals surface area contributed by atoms with Crippen LogP contribution in [-0.2, 0) is 4.74 Å². The highest BCUT2D eigenvalue weighted by atomic mass is 35.5. The molecular formula is C20H22Cl4FNO3. The first-order valence-corrected chi connectivity index (χ1v) is 10.0. The van der Waals surface area contributed by atoms with Gasteiger partial charge in [0.2, 0.25) is 0 Å². The van der Waals surface area contributed by atoms with Crippen LogP contribution in [0.3, 0.4) is 0 Å². The molecule has 0 aromatic heterocycles. The van der Waals surface area contributed by atoms with E-state index in [-0.39, 0.29) is 24.0 Å². The predicted octanol–water partition coefficient (Wildman–Crippen LogP) is 5.33. The van der Waals surface area contributed by atoms with E-state index in [2.05, 4.69) is 0 Å². The molecule has 0 amide bonds. The summed E-state index contributed by atoms with van der Waals surface area (Å²) < 4.78 is 25.2. The monoisotopic (exact) mass is 483 g/mol. The van der Waals surface area contributed by atoms with E-state index in [1.54, 1.807) is 6.07 Å². The summed E-state index contributed by atoms with van der Waals surface area (Å²) in [6, 6.07) is 8.17. The van der Waals surface area contributed by atoms with E-state index in [1.807, 2.05) is 24.0 Å². The number of aliphatic hydroxyl groups excluding tert-OH is 1. The van der Waals surface area contributed by atoms with Gasteiger partial charge in [0.25, 0.3) is 0 Å². The Hall–Kier alpha value is -0.790. The fraction of sp³-hybridized carbons (Fsp3) is 0.400. The molecule has 2 unspecified atom stereocenters. The highest BCUT2D eigenvalue weighted by Crippen LogP contribution is 2.32. The topological polar surface area (TPSA) is 41.9 Å². The Morgan fingerprint density at radius 2 is 1.97 bits per heavy atom. The Labute approximate surface area is 190 Å². The van der Waals surface area contributed by atoms with Crippen LogP contribution < -0.4 is 4.74 Å². The number of aryl methyl sites for hydroxylation is 1. The first kappa shape index (κ1) is 24.5. The lowest BCUT2D eigenvalue weighted by molar-refractivity contribution is -0.0460. The Balaban J connectivity index is 0.00000300. The van der Waals surface area contributed by atoms with Crippen molar-refractivity contribution < 1.29 is 19.0 Å². The minimum Gasteiger partial charge on any atom is -0.489 e. The van der Waals surface area contributed by atoms with Gasteiger partial charge in [-0.05, 0) is 36.8 Å². The van der Waals surface area contributed by atoms with Crippen LogP contribution in [0, 0.1) is 12.7 Å². The number of aliphatic hydroxyl groups is 1. The van der Waals surface area contributed by atoms with Gasteiger partial charge in [0.1, 0.15) is 24.3 Å². The molecule has 1 N–H and O–H groups in total. The van der Waals surface area contributed by atoms with Crippen molar-refractivity contribution in [2.24, 2.45) is 0 Å². The molecule has 0 saturated carbocycles. The Bertz CT molecular complexity index is 840. The highest BCUT2D eigenvalue weighted by molar-refractivity contribution is 6.35. The Morgan fingerprint density at radius 1 is 1.21 bits per heavy atom. The summed E-state index contributed by atoms with van der Waals surface area (Å²) in [7, 11) is 0. The summed E-state index contributed by atoms with van der Waals surface area (Å²) in [5.41, 5.74) is 1.58. The van der Waals surface area contributed by atoms with Crippen molar-refractivity contribution in [3.8, 4) is 5.75 Å². The zero-order valence-electron chi connectivity index (χ0n) is 15.7. The molecule has 2 aromatic carbocycles. The van der Waals surface area contributed by atoms with E-state index < -0.39 is 18.0 Å². The largest absolute Gasteiger partial charge is 0.489 e. The number of ether oxygens (including phenoxy) is 2. The quantitative estimate of drug-likeness (QED) is 0.562. The van der Waals surface area contributed by atoms with Crippen LogP contribution in [0.1, 0.15) is 17.2 Å². The molecule has 0 aliphatic carbocycles. The van der Waals surface area contributed by atoms with Crippen molar-refractivity contribution in [2.45, 2.75) is 19.1 Å². The minimum atomic E-state index is -0.714. The van der Waals surface area contributed by atoms with E-state index in [0.29, 0.717) is 47.6 Å². The van der Waals surface area contributed by atoms with Gasteiger partial charge in [0, 0.05) is 30.2 Å². The first-order chi connectivity index (χ1) is 13.3. The first-order valence-electron chi connectivity index (χ1n) is 8.89. The second-order valence-electron chi connectivity index (χ2n) is 6.81. The summed E-state index contributed by atoms with van der Waals surface area (Å²) in [5, 5.41) is 11.2. The maximum Gasteiger partial charge on any atom is 0.142 e. The van der Waals surface area contributed by atoms with Crippen LogP contribution in [0.2, 0.25) is 15.1 Å². The van der Waals surface area contributed by atoms with Crippen LogP contribution in [0.25, 0.3) is 0 Å². The van der Waals surface area contributed by atoms with Gasteiger partial charge in [0.05, 0.1) is 22.8 Å². The van der Waals surface area contributed by atoms with E-state index in [4.69, 9.17) is 44.3 Å². The number of nitrogens with zero attached hydrogens (tertiary/aromatic N) is 1. The molecule has 4 nitrogen and oxygen atoms in total. The third-order valence-corrected chi connectivity index (χ3v) is 5.44. The van der Waals surface area contributed by atoms with Crippen molar-refractivity contribution in [1.29, 1.82) is 0 Å². The van der Waals surface area contributed by atoms with Crippen LogP contribution in [0.15, 0.2) is 30.3 Å². The van der Waals surface area contributed by atoms with Crippen LogP contribution in [0.4, 0.5) is 4.39 Å². The maximum absolute atomic E-state index is 13.8. The molecule has 1 aliphatic rings. The van der Waals surface area contributed by atoms with Gasteiger partial charge in [0.15, 0.2) is 0 Å². The molecule has 29 heavy (non-hydrogen) atoms. The van der Waals surface area contributed by atoms with Crippen molar-refractivity contribution in [3.05, 3.63) is 62.3 Å². The zero-order chi connectivity index (χ0) is 20.3. The fourth-order valence-corrected chi connectivity index (χ4v) is 3.90. The number of halogens is 5. The summed E-state index contributed by atoms with van der Waals surface area (Å²) >= 11 is 18.1. The van der Waals surface area contributed by atoms with Gasteiger partial charge in [-0.3, -0.25) is 4.90 Å². The molecule has 1 heterocycles. The molecule has 2 atom stereocenters. The Morgan fingerprint density at radius 3 is 2.69 bits per heavy atom. The molecule has 3 rings (SSSR count). The number of hydrogen-bond donors (Lipinski definition) is 1. The number of benzene rings is 2. The SMILES string of the molecule is Cc1ccc(OCC(O)CN2CCOC(c3cc(F)c(Cl)cc3Cl)C2)c(Cl)c1.Cl. The van der Waals surface area contributed by atoms with E-state index in [0.717, 1.165) is 5.56 Å². The van der Waals surface area contributed by atoms with E-state index in [9.17, 15) is 9.50 Å². The normalized spacial score (nSPS) is 18.2. The second-order valence-corrected chi connectivity index (χ2v) is 8.03. The van der Waals surface area contributed by atoms with Gasteiger partial charge in [-0.25, -0.2) is 4.39 Å². The molecular weight excluding hydrogens is 463 g/mol. The molecule has 0 bridgehead atoms. The van der Waals surface area contributed by atoms with Gasteiger partial charge in [-0.1, -0.05) is 40.9 Å². The molecule has 1 saturated heterocycles. The zero-order valence-corrected chi connectivity index (χ0v) is 18.8. The van der Waals surface area contributed by atoms with Crippen LogP contribution in [-0.4, -0.2) is 49.0 Å². The summed E-state index contributed by atoms with van der Waals surface area (Å²) in [5.74, 6) is -0.000191. The molecule has 160 valence electrons. The molecule has 0 radical (unpaired) electrons. The molecule has 2 aromatic rings. The standard InChI is InChI=1S/C20H21Cl3FNO3.ClH/c1-12-2-3-19(17(23)6-12)28-11-13(26)9-25-4-5-27-20(10-25)14-7-18(24)16(22)8-15(14)21;/h2-3,6-8,13,20,26H,4-5,9-11H2,1H3;1H. The predicted molar refractivity (Wildman–Crippen MR) is 116 cm³/mol. The maximum atomic E-state index is 13.8. The summed E-state index contributed by atoms with van der Waals surface area (Å²) in [4.78, 5) is 2.03. The lowest BCUT2D eigenvalue weighted by atomic mass is 10.1. The molecule has 9 heteroatoms. The summed E-state index contributed by atoms with van der Waals surface area (Å²) in [6.07, 6.45) is -1.11. The van der Waals surface area contributed by atoms with Gasteiger partial charge in [-0.15, -0.1) is 12.4 Å². The fourth-order valence-electron chi connectivity index (χ4n) is 3.10. The van der Waals surface area contributed by atoms with E-state index >= 15 is 0 Å². The number of β-amino-alcohol motifs (C(OH)–C–C–N with tert-alkyl or cyclic N) is 1. The van der Waals surface area contributed by atoms with Crippen LogP contribution in [0.5, 0.6) is 5.75 Å². The lowest BCUT2D eigenvalue weighted by Gasteiger charge is -2.34. The number of morpholine rings is 1. The summed E-state index contributed by atoms with van der Waals surface area (Å²) in [6.45, 7) is 4.01. The Kier molecular flexibility index (Phi) is 9.29. The van der Waals surface area contributed by atoms with Gasteiger partial charge in [-0.2, -0.15) is 0 Å². The third-order valence-electron chi connectivity index (χ3n) is 4.52. The average molecular weight is 485 g/mol.